The summed E-state index contributed by atoms with van der Waals surface area (Å²) in [4.78, 5) is 22.5. The van der Waals surface area contributed by atoms with Gasteiger partial charge in [0.25, 0.3) is 0 Å². The molecule has 3 fully saturated rings. The van der Waals surface area contributed by atoms with Crippen molar-refractivity contribution in [3.05, 3.63) is 83.7 Å². The third-order valence-electron chi connectivity index (χ3n) is 11.3. The van der Waals surface area contributed by atoms with Crippen LogP contribution >= 0.6 is 0 Å². The number of aryl methyl sites for hydroxylation is 2. The minimum Gasteiger partial charge on any atom is -0.368 e. The molecule has 3 aliphatic rings. The standard InChI is InChI=1S/C38H51FN4O/c1-4-33(44)23-30-10-9-13-34(30)38(31-11-7-6-8-12-31,27-42-21-18-40-37(42)5-2)32-16-19-41(20-17-32)24-29-25-43(26-29)36-15-14-28(3)22-35(36)39/h6-8,11-12,14-15,18,21-22,29-30,32,34H,4-5,9-10,13,16-17,19-20,23-27H2,1-3H3/t30-,34+,38-/m1/s1. The van der Waals surface area contributed by atoms with Crippen LogP contribution in [0.2, 0.25) is 0 Å². The lowest BCUT2D eigenvalue weighted by atomic mass is 9.56. The average Bonchev–Trinajstić information content (AvgIpc) is 3.68. The summed E-state index contributed by atoms with van der Waals surface area (Å²) in [6.45, 7) is 12.3. The summed E-state index contributed by atoms with van der Waals surface area (Å²) in [7, 11) is 0. The van der Waals surface area contributed by atoms with Crippen molar-refractivity contribution >= 4 is 11.5 Å². The molecule has 1 aromatic heterocycles. The zero-order valence-corrected chi connectivity index (χ0v) is 27.1. The molecular weight excluding hydrogens is 547 g/mol. The number of carbonyl (C=O) groups excluding carboxylic acids is 1. The third kappa shape index (κ3) is 6.24. The lowest BCUT2D eigenvalue weighted by Gasteiger charge is -2.52. The van der Waals surface area contributed by atoms with Crippen LogP contribution in [0.5, 0.6) is 0 Å². The monoisotopic (exact) mass is 598 g/mol. The summed E-state index contributed by atoms with van der Waals surface area (Å²) in [5.74, 6) is 3.51. The fraction of sp³-hybridized carbons (Fsp3) is 0.579. The Labute approximate surface area is 263 Å². The molecule has 2 saturated heterocycles. The molecule has 6 heteroatoms. The number of nitrogens with zero attached hydrogens (tertiary/aromatic N) is 4. The quantitative estimate of drug-likeness (QED) is 0.217. The van der Waals surface area contributed by atoms with Crippen molar-refractivity contribution in [3.8, 4) is 0 Å². The van der Waals surface area contributed by atoms with E-state index in [0.717, 1.165) is 75.6 Å². The van der Waals surface area contributed by atoms with Gasteiger partial charge in [-0.2, -0.15) is 0 Å². The molecule has 3 aromatic rings. The van der Waals surface area contributed by atoms with Gasteiger partial charge < -0.3 is 14.4 Å². The summed E-state index contributed by atoms with van der Waals surface area (Å²) in [6, 6.07) is 16.9. The van der Waals surface area contributed by atoms with Gasteiger partial charge in [-0.25, -0.2) is 9.37 Å². The van der Waals surface area contributed by atoms with E-state index in [2.05, 4.69) is 57.8 Å². The lowest BCUT2D eigenvalue weighted by molar-refractivity contribution is -0.120. The van der Waals surface area contributed by atoms with Gasteiger partial charge in [-0.3, -0.25) is 4.79 Å². The van der Waals surface area contributed by atoms with E-state index in [1.54, 1.807) is 6.07 Å². The van der Waals surface area contributed by atoms with Crippen LogP contribution in [0.1, 0.15) is 75.7 Å². The molecule has 6 rings (SSSR count). The Morgan fingerprint density at radius 1 is 1.02 bits per heavy atom. The molecule has 3 atom stereocenters. The molecule has 2 aliphatic heterocycles. The normalized spacial score (nSPS) is 23.0. The van der Waals surface area contributed by atoms with Crippen molar-refractivity contribution < 1.29 is 9.18 Å². The predicted octanol–water partition coefficient (Wildman–Crippen LogP) is 7.46. The number of imidazole rings is 1. The molecule has 0 unspecified atom stereocenters. The van der Waals surface area contributed by atoms with E-state index in [9.17, 15) is 9.18 Å². The van der Waals surface area contributed by atoms with Crippen LogP contribution in [0.3, 0.4) is 0 Å². The number of benzene rings is 2. The summed E-state index contributed by atoms with van der Waals surface area (Å²) < 4.78 is 17.0. The number of aromatic nitrogens is 2. The molecule has 3 heterocycles. The van der Waals surface area contributed by atoms with Gasteiger partial charge in [0.05, 0.1) is 5.69 Å². The van der Waals surface area contributed by atoms with Gasteiger partial charge in [0.2, 0.25) is 0 Å². The highest BCUT2D eigenvalue weighted by Crippen LogP contribution is 2.54. The van der Waals surface area contributed by atoms with Crippen molar-refractivity contribution in [1.29, 1.82) is 0 Å². The molecule has 236 valence electrons. The van der Waals surface area contributed by atoms with Crippen molar-refractivity contribution in [1.82, 2.24) is 14.5 Å². The lowest BCUT2D eigenvalue weighted by Crippen LogP contribution is -2.55. The number of carbonyl (C=O) groups is 1. The smallest absolute Gasteiger partial charge is 0.146 e. The minimum absolute atomic E-state index is 0.0383. The number of rotatable bonds is 12. The topological polar surface area (TPSA) is 41.4 Å². The zero-order valence-electron chi connectivity index (χ0n) is 27.1. The van der Waals surface area contributed by atoms with Gasteiger partial charge in [0.1, 0.15) is 17.4 Å². The SMILES string of the molecule is CCC(=O)C[C@H]1CCC[C@@H]1[C@](Cn1ccnc1CC)(c1ccccc1)C1CCN(CC2CN(c3ccc(C)cc3F)C2)CC1. The molecular formula is C38H51FN4O. The number of anilines is 1. The molecule has 1 aliphatic carbocycles. The largest absolute Gasteiger partial charge is 0.368 e. The number of piperidine rings is 1. The molecule has 44 heavy (non-hydrogen) atoms. The van der Waals surface area contributed by atoms with Crippen LogP contribution in [-0.4, -0.2) is 53.0 Å². The van der Waals surface area contributed by atoms with E-state index in [-0.39, 0.29) is 11.2 Å². The first-order valence-electron chi connectivity index (χ1n) is 17.2. The van der Waals surface area contributed by atoms with Crippen LogP contribution in [0, 0.1) is 36.4 Å². The Bertz CT molecular complexity index is 1390. The van der Waals surface area contributed by atoms with Gasteiger partial charge in [-0.15, -0.1) is 0 Å². The second kappa shape index (κ2) is 13.6. The molecule has 1 saturated carbocycles. The van der Waals surface area contributed by atoms with Crippen LogP contribution in [-0.2, 0) is 23.2 Å². The highest BCUT2D eigenvalue weighted by molar-refractivity contribution is 5.78. The van der Waals surface area contributed by atoms with Crippen LogP contribution in [0.4, 0.5) is 10.1 Å². The Balaban J connectivity index is 1.22. The molecule has 2 aromatic carbocycles. The fourth-order valence-corrected chi connectivity index (χ4v) is 9.06. The summed E-state index contributed by atoms with van der Waals surface area (Å²) in [6.07, 6.45) is 12.3. The second-order valence-corrected chi connectivity index (χ2v) is 13.9. The molecule has 0 N–H and O–H groups in total. The maximum Gasteiger partial charge on any atom is 0.146 e. The Morgan fingerprint density at radius 3 is 2.50 bits per heavy atom. The third-order valence-corrected chi connectivity index (χ3v) is 11.3. The van der Waals surface area contributed by atoms with Crippen molar-refractivity contribution in [2.24, 2.45) is 23.7 Å². The number of hydrogen-bond acceptors (Lipinski definition) is 4. The fourth-order valence-electron chi connectivity index (χ4n) is 9.06. The van der Waals surface area contributed by atoms with Gasteiger partial charge in [-0.1, -0.05) is 56.7 Å². The Kier molecular flexibility index (Phi) is 9.56. The minimum atomic E-state index is -0.100. The average molecular weight is 599 g/mol. The molecule has 0 amide bonds. The van der Waals surface area contributed by atoms with Crippen LogP contribution < -0.4 is 4.90 Å². The van der Waals surface area contributed by atoms with Gasteiger partial charge in [0, 0.05) is 69.2 Å². The first kappa shape index (κ1) is 31.0. The maximum atomic E-state index is 14.6. The molecule has 5 nitrogen and oxygen atoms in total. The number of halogens is 1. The molecule has 0 bridgehead atoms. The van der Waals surface area contributed by atoms with E-state index >= 15 is 0 Å². The van der Waals surface area contributed by atoms with E-state index in [4.69, 9.17) is 4.98 Å². The van der Waals surface area contributed by atoms with E-state index in [1.807, 2.05) is 32.2 Å². The van der Waals surface area contributed by atoms with Crippen molar-refractivity contribution in [2.45, 2.75) is 84.1 Å². The predicted molar refractivity (Wildman–Crippen MR) is 176 cm³/mol. The molecule has 0 radical (unpaired) electrons. The van der Waals surface area contributed by atoms with E-state index in [0.29, 0.717) is 35.9 Å². The van der Waals surface area contributed by atoms with Crippen LogP contribution in [0.15, 0.2) is 60.9 Å². The van der Waals surface area contributed by atoms with E-state index in [1.165, 1.54) is 31.2 Å². The first-order chi connectivity index (χ1) is 21.4. The number of ketones is 1. The van der Waals surface area contributed by atoms with E-state index < -0.39 is 0 Å². The summed E-state index contributed by atoms with van der Waals surface area (Å²) in [5, 5.41) is 0. The van der Waals surface area contributed by atoms with Gasteiger partial charge >= 0.3 is 0 Å². The van der Waals surface area contributed by atoms with Crippen LogP contribution in [0.25, 0.3) is 0 Å². The highest BCUT2D eigenvalue weighted by Gasteiger charge is 2.52. The van der Waals surface area contributed by atoms with Gasteiger partial charge in [0.15, 0.2) is 0 Å². The Morgan fingerprint density at radius 2 is 1.80 bits per heavy atom. The maximum absolute atomic E-state index is 14.6. The van der Waals surface area contributed by atoms with Crippen molar-refractivity contribution in [3.63, 3.8) is 0 Å². The Hall–Kier alpha value is -2.99. The number of hydrogen-bond donors (Lipinski definition) is 0. The first-order valence-corrected chi connectivity index (χ1v) is 17.2. The summed E-state index contributed by atoms with van der Waals surface area (Å²) in [5.41, 5.74) is 3.13. The highest BCUT2D eigenvalue weighted by atomic mass is 19.1. The molecule has 0 spiro atoms. The van der Waals surface area contributed by atoms with Crippen molar-refractivity contribution in [2.75, 3.05) is 37.6 Å². The van der Waals surface area contributed by atoms with Gasteiger partial charge in [-0.05, 0) is 86.7 Å². The summed E-state index contributed by atoms with van der Waals surface area (Å²) >= 11 is 0. The number of Topliss-reactive ketones (excluding diaryl/α,β-unsaturated/α-hetero) is 1. The number of likely N-dealkylation sites (tertiary alicyclic amines) is 1. The zero-order chi connectivity index (χ0) is 30.7. The second-order valence-electron chi connectivity index (χ2n) is 13.9.